The van der Waals surface area contributed by atoms with Gasteiger partial charge in [-0.2, -0.15) is 0 Å². The molecule has 0 saturated heterocycles. The number of aryl methyl sites for hydroxylation is 2. The quantitative estimate of drug-likeness (QED) is 0.837. The Labute approximate surface area is 122 Å². The van der Waals surface area contributed by atoms with Gasteiger partial charge in [-0.25, -0.2) is 0 Å². The Kier molecular flexibility index (Phi) is 4.69. The molecule has 0 unspecified atom stereocenters. The van der Waals surface area contributed by atoms with Gasteiger partial charge in [0, 0.05) is 18.9 Å². The van der Waals surface area contributed by atoms with Crippen LogP contribution in [0.4, 0.5) is 6.01 Å². The van der Waals surface area contributed by atoms with Crippen molar-refractivity contribution in [1.29, 1.82) is 0 Å². The SMILES string of the molecule is Cc1ccc(C(=O)Nc2nnc(C)o2)c(C#CCCO)c1. The fourth-order valence-corrected chi connectivity index (χ4v) is 1.68. The normalized spacial score (nSPS) is 9.86. The van der Waals surface area contributed by atoms with Gasteiger partial charge in [-0.1, -0.05) is 23.0 Å². The van der Waals surface area contributed by atoms with Crippen molar-refractivity contribution in [3.05, 3.63) is 40.8 Å². The molecule has 0 spiro atoms. The molecule has 6 nitrogen and oxygen atoms in total. The number of nitrogens with zero attached hydrogens (tertiary/aromatic N) is 2. The van der Waals surface area contributed by atoms with Crippen LogP contribution in [-0.2, 0) is 0 Å². The second-order valence-electron chi connectivity index (χ2n) is 4.40. The van der Waals surface area contributed by atoms with Gasteiger partial charge in [0.1, 0.15) is 0 Å². The number of carbonyl (C=O) groups is 1. The third-order valence-corrected chi connectivity index (χ3v) is 2.63. The number of hydrogen-bond donors (Lipinski definition) is 2. The zero-order valence-electron chi connectivity index (χ0n) is 11.8. The number of rotatable bonds is 3. The van der Waals surface area contributed by atoms with Crippen molar-refractivity contribution in [3.63, 3.8) is 0 Å². The highest BCUT2D eigenvalue weighted by molar-refractivity contribution is 6.05. The summed E-state index contributed by atoms with van der Waals surface area (Å²) in [5.74, 6) is 5.70. The number of aromatic nitrogens is 2. The van der Waals surface area contributed by atoms with Crippen molar-refractivity contribution < 1.29 is 14.3 Å². The molecule has 6 heteroatoms. The summed E-state index contributed by atoms with van der Waals surface area (Å²) in [4.78, 5) is 12.2. The van der Waals surface area contributed by atoms with Gasteiger partial charge >= 0.3 is 6.01 Å². The number of anilines is 1. The molecule has 0 aliphatic heterocycles. The fourth-order valence-electron chi connectivity index (χ4n) is 1.68. The van der Waals surface area contributed by atoms with Crippen LogP contribution in [0.15, 0.2) is 22.6 Å². The van der Waals surface area contributed by atoms with Crippen molar-refractivity contribution in [3.8, 4) is 11.8 Å². The van der Waals surface area contributed by atoms with Gasteiger partial charge in [-0.05, 0) is 24.6 Å². The summed E-state index contributed by atoms with van der Waals surface area (Å²) in [6.07, 6.45) is 0.359. The maximum atomic E-state index is 12.2. The fraction of sp³-hybridized carbons (Fsp3) is 0.267. The Morgan fingerprint density at radius 2 is 2.19 bits per heavy atom. The average molecular weight is 285 g/mol. The van der Waals surface area contributed by atoms with E-state index < -0.39 is 0 Å². The molecule has 0 radical (unpaired) electrons. The van der Waals surface area contributed by atoms with E-state index in [1.807, 2.05) is 19.1 Å². The molecule has 1 heterocycles. The van der Waals surface area contributed by atoms with E-state index in [4.69, 9.17) is 9.52 Å². The molecule has 21 heavy (non-hydrogen) atoms. The minimum atomic E-state index is -0.369. The van der Waals surface area contributed by atoms with Gasteiger partial charge in [-0.3, -0.25) is 10.1 Å². The standard InChI is InChI=1S/C15H15N3O3/c1-10-6-7-13(12(9-10)5-3-4-8-19)14(20)16-15-18-17-11(2)21-15/h6-7,9,19H,4,8H2,1-2H3,(H,16,18,20). The monoisotopic (exact) mass is 285 g/mol. The Morgan fingerprint density at radius 1 is 1.38 bits per heavy atom. The second-order valence-corrected chi connectivity index (χ2v) is 4.40. The topological polar surface area (TPSA) is 88.3 Å². The van der Waals surface area contributed by atoms with Crippen LogP contribution in [0.1, 0.15) is 33.8 Å². The lowest BCUT2D eigenvalue weighted by Crippen LogP contribution is -2.14. The van der Waals surface area contributed by atoms with Crippen LogP contribution in [-0.4, -0.2) is 27.8 Å². The van der Waals surface area contributed by atoms with E-state index >= 15 is 0 Å². The molecule has 0 bridgehead atoms. The number of benzene rings is 1. The number of aliphatic hydroxyl groups is 1. The minimum absolute atomic E-state index is 0.0123. The zero-order valence-corrected chi connectivity index (χ0v) is 11.8. The lowest BCUT2D eigenvalue weighted by atomic mass is 10.0. The molecule has 0 saturated carbocycles. The first-order valence-corrected chi connectivity index (χ1v) is 6.42. The Hall–Kier alpha value is -2.65. The molecule has 2 N–H and O–H groups in total. The molecule has 0 aliphatic carbocycles. The Bertz CT molecular complexity index is 710. The van der Waals surface area contributed by atoms with Crippen LogP contribution in [0.2, 0.25) is 0 Å². The van der Waals surface area contributed by atoms with E-state index in [1.54, 1.807) is 13.0 Å². The van der Waals surface area contributed by atoms with Crippen LogP contribution in [0, 0.1) is 25.7 Å². The largest absolute Gasteiger partial charge is 0.408 e. The highest BCUT2D eigenvalue weighted by Gasteiger charge is 2.13. The van der Waals surface area contributed by atoms with Gasteiger partial charge in [0.15, 0.2) is 0 Å². The molecular weight excluding hydrogens is 270 g/mol. The third-order valence-electron chi connectivity index (χ3n) is 2.63. The van der Waals surface area contributed by atoms with Gasteiger partial charge in [0.2, 0.25) is 5.89 Å². The van der Waals surface area contributed by atoms with E-state index in [2.05, 4.69) is 27.4 Å². The van der Waals surface area contributed by atoms with Crippen LogP contribution in [0.3, 0.4) is 0 Å². The summed E-state index contributed by atoms with van der Waals surface area (Å²) in [6.45, 7) is 3.54. The number of nitrogens with one attached hydrogen (secondary N) is 1. The predicted octanol–water partition coefficient (Wildman–Crippen LogP) is 1.67. The third kappa shape index (κ3) is 3.91. The average Bonchev–Trinajstić information content (AvgIpc) is 2.84. The van der Waals surface area contributed by atoms with Crippen LogP contribution >= 0.6 is 0 Å². The van der Waals surface area contributed by atoms with Gasteiger partial charge < -0.3 is 9.52 Å². The number of amides is 1. The number of carbonyl (C=O) groups excluding carboxylic acids is 1. The molecule has 0 fully saturated rings. The summed E-state index contributed by atoms with van der Waals surface area (Å²) >= 11 is 0. The van der Waals surface area contributed by atoms with Crippen LogP contribution in [0.5, 0.6) is 0 Å². The van der Waals surface area contributed by atoms with E-state index in [-0.39, 0.29) is 18.5 Å². The van der Waals surface area contributed by atoms with E-state index in [9.17, 15) is 4.79 Å². The summed E-state index contributed by atoms with van der Waals surface area (Å²) in [7, 11) is 0. The Balaban J connectivity index is 2.26. The molecule has 2 rings (SSSR count). The highest BCUT2D eigenvalue weighted by Crippen LogP contribution is 2.13. The summed E-state index contributed by atoms with van der Waals surface area (Å²) in [5, 5.41) is 18.7. The smallest absolute Gasteiger partial charge is 0.322 e. The maximum Gasteiger partial charge on any atom is 0.322 e. The molecule has 1 aromatic heterocycles. The number of hydrogen-bond acceptors (Lipinski definition) is 5. The van der Waals surface area contributed by atoms with Crippen molar-refractivity contribution >= 4 is 11.9 Å². The lowest BCUT2D eigenvalue weighted by molar-refractivity contribution is 0.102. The first-order valence-electron chi connectivity index (χ1n) is 6.42. The molecule has 0 atom stereocenters. The molecule has 1 amide bonds. The van der Waals surface area contributed by atoms with Gasteiger partial charge in [0.05, 0.1) is 12.2 Å². The summed E-state index contributed by atoms with van der Waals surface area (Å²) in [5.41, 5.74) is 2.01. The minimum Gasteiger partial charge on any atom is -0.408 e. The van der Waals surface area contributed by atoms with E-state index in [1.165, 1.54) is 0 Å². The summed E-state index contributed by atoms with van der Waals surface area (Å²) < 4.78 is 5.11. The van der Waals surface area contributed by atoms with E-state index in [0.29, 0.717) is 23.4 Å². The molecule has 2 aromatic rings. The van der Waals surface area contributed by atoms with Crippen molar-refractivity contribution in [2.75, 3.05) is 11.9 Å². The first-order chi connectivity index (χ1) is 10.1. The Morgan fingerprint density at radius 3 is 2.86 bits per heavy atom. The molecule has 108 valence electrons. The highest BCUT2D eigenvalue weighted by atomic mass is 16.4. The van der Waals surface area contributed by atoms with Crippen molar-refractivity contribution in [2.24, 2.45) is 0 Å². The molecule has 0 aliphatic rings. The van der Waals surface area contributed by atoms with Gasteiger partial charge in [-0.15, -0.1) is 5.10 Å². The summed E-state index contributed by atoms with van der Waals surface area (Å²) in [6, 6.07) is 5.38. The zero-order chi connectivity index (χ0) is 15.2. The molecular formula is C15H15N3O3. The van der Waals surface area contributed by atoms with Crippen molar-refractivity contribution in [1.82, 2.24) is 10.2 Å². The predicted molar refractivity (Wildman–Crippen MR) is 76.7 cm³/mol. The lowest BCUT2D eigenvalue weighted by Gasteiger charge is -2.05. The first kappa shape index (κ1) is 14.8. The van der Waals surface area contributed by atoms with Gasteiger partial charge in [0.25, 0.3) is 5.91 Å². The van der Waals surface area contributed by atoms with E-state index in [0.717, 1.165) is 5.56 Å². The van der Waals surface area contributed by atoms with Crippen LogP contribution < -0.4 is 5.32 Å². The molecule has 1 aromatic carbocycles. The van der Waals surface area contributed by atoms with Crippen molar-refractivity contribution in [2.45, 2.75) is 20.3 Å². The second kappa shape index (κ2) is 6.68. The van der Waals surface area contributed by atoms with Crippen LogP contribution in [0.25, 0.3) is 0 Å². The number of aliphatic hydroxyl groups excluding tert-OH is 1. The maximum absolute atomic E-state index is 12.2.